The fourth-order valence-electron chi connectivity index (χ4n) is 7.97. The van der Waals surface area contributed by atoms with Gasteiger partial charge in [-0.15, -0.1) is 0 Å². The van der Waals surface area contributed by atoms with E-state index in [0.717, 1.165) is 37.5 Å². The van der Waals surface area contributed by atoms with Crippen molar-refractivity contribution in [1.82, 2.24) is 9.47 Å². The van der Waals surface area contributed by atoms with Crippen LogP contribution in [0.2, 0.25) is 0 Å². The topological polar surface area (TPSA) is 101 Å². The van der Waals surface area contributed by atoms with E-state index in [9.17, 15) is 19.5 Å². The second kappa shape index (κ2) is 8.61. The van der Waals surface area contributed by atoms with E-state index in [2.05, 4.69) is 5.32 Å². The first-order valence-corrected chi connectivity index (χ1v) is 13.4. The molecule has 8 heteroatoms. The van der Waals surface area contributed by atoms with Gasteiger partial charge in [0.05, 0.1) is 17.6 Å². The van der Waals surface area contributed by atoms with E-state index in [1.54, 1.807) is 16.4 Å². The van der Waals surface area contributed by atoms with Gasteiger partial charge in [0.25, 0.3) is 5.56 Å². The van der Waals surface area contributed by atoms with Gasteiger partial charge in [-0.1, -0.05) is 6.07 Å². The molecule has 3 unspecified atom stereocenters. The molecule has 7 rings (SSSR count). The highest BCUT2D eigenvalue weighted by atomic mass is 16.6. The summed E-state index contributed by atoms with van der Waals surface area (Å²) in [5.41, 5.74) is -0.636. The van der Waals surface area contributed by atoms with Crippen molar-refractivity contribution >= 4 is 28.5 Å². The molecule has 36 heavy (non-hydrogen) atoms. The average Bonchev–Trinajstić information content (AvgIpc) is 2.83. The number of hydrogen-bond donors (Lipinski definition) is 2. The van der Waals surface area contributed by atoms with E-state index in [1.807, 2.05) is 30.5 Å². The number of piperidine rings is 1. The maximum atomic E-state index is 13.6. The Morgan fingerprint density at radius 1 is 1.08 bits per heavy atom. The first-order valence-electron chi connectivity index (χ1n) is 13.4. The van der Waals surface area contributed by atoms with Gasteiger partial charge in [-0.25, -0.2) is 4.79 Å². The Balaban J connectivity index is 1.22. The van der Waals surface area contributed by atoms with Crippen molar-refractivity contribution in [3.8, 4) is 0 Å². The minimum Gasteiger partial charge on any atom is -0.450 e. The zero-order valence-electron chi connectivity index (χ0n) is 20.9. The van der Waals surface area contributed by atoms with E-state index in [4.69, 9.17) is 4.74 Å². The number of ether oxygens (including phenoxy) is 1. The van der Waals surface area contributed by atoms with Crippen LogP contribution < -0.4 is 10.9 Å². The summed E-state index contributed by atoms with van der Waals surface area (Å²) in [6.07, 6.45) is 7.91. The molecule has 1 saturated heterocycles. The largest absolute Gasteiger partial charge is 0.450 e. The molecule has 2 N–H and O–H groups in total. The molecule has 4 saturated carbocycles. The Labute approximate surface area is 210 Å². The summed E-state index contributed by atoms with van der Waals surface area (Å²) >= 11 is 0. The molecular weight excluding hydrogens is 458 g/mol. The third-order valence-corrected chi connectivity index (χ3v) is 9.12. The van der Waals surface area contributed by atoms with Crippen LogP contribution in [0, 0.1) is 17.3 Å². The van der Waals surface area contributed by atoms with Crippen molar-refractivity contribution < 1.29 is 19.4 Å². The summed E-state index contributed by atoms with van der Waals surface area (Å²) in [4.78, 5) is 40.8. The first-order chi connectivity index (χ1) is 17.3. The summed E-state index contributed by atoms with van der Waals surface area (Å²) in [5, 5.41) is 15.5. The minimum absolute atomic E-state index is 0.0126. The lowest BCUT2D eigenvalue weighted by Crippen LogP contribution is -2.59. The lowest BCUT2D eigenvalue weighted by molar-refractivity contribution is -0.174. The molecule has 0 spiro atoms. The van der Waals surface area contributed by atoms with Crippen LogP contribution in [-0.2, 0) is 9.53 Å². The van der Waals surface area contributed by atoms with Gasteiger partial charge in [0.2, 0.25) is 5.91 Å². The molecular formula is C28H35N3O5. The Morgan fingerprint density at radius 2 is 1.81 bits per heavy atom. The number of carbonyl (C=O) groups excluding carboxylic acids is 2. The van der Waals surface area contributed by atoms with Gasteiger partial charge in [-0.3, -0.25) is 9.59 Å². The fraction of sp³-hybridized carbons (Fsp3) is 0.607. The summed E-state index contributed by atoms with van der Waals surface area (Å²) in [7, 11) is 0. The van der Waals surface area contributed by atoms with Crippen molar-refractivity contribution in [2.45, 2.75) is 69.9 Å². The maximum absolute atomic E-state index is 13.6. The third kappa shape index (κ3) is 3.90. The second-order valence-electron chi connectivity index (χ2n) is 11.6. The van der Waals surface area contributed by atoms with Gasteiger partial charge in [0.1, 0.15) is 0 Å². The molecule has 192 valence electrons. The number of aromatic nitrogens is 1. The molecule has 2 aromatic rings. The number of benzene rings is 1. The Kier molecular flexibility index (Phi) is 5.63. The van der Waals surface area contributed by atoms with Gasteiger partial charge in [-0.2, -0.15) is 0 Å². The number of likely N-dealkylation sites (tertiary alicyclic amines) is 1. The van der Waals surface area contributed by atoms with E-state index in [-0.39, 0.29) is 23.6 Å². The molecule has 1 aromatic heterocycles. The molecule has 4 bridgehead atoms. The van der Waals surface area contributed by atoms with Crippen LogP contribution in [-0.4, -0.2) is 51.9 Å². The number of nitrogens with one attached hydrogen (secondary N) is 1. The number of fused-ring (bicyclic) bond motifs is 1. The van der Waals surface area contributed by atoms with Gasteiger partial charge >= 0.3 is 6.09 Å². The van der Waals surface area contributed by atoms with Crippen LogP contribution in [0.4, 0.5) is 10.5 Å². The molecule has 2 heterocycles. The Bertz CT molecular complexity index is 1250. The highest BCUT2D eigenvalue weighted by Gasteiger charge is 2.60. The molecule has 1 aromatic carbocycles. The molecule has 4 atom stereocenters. The van der Waals surface area contributed by atoms with Gasteiger partial charge in [0.15, 0.2) is 0 Å². The molecule has 8 nitrogen and oxygen atoms in total. The van der Waals surface area contributed by atoms with Crippen LogP contribution >= 0.6 is 0 Å². The van der Waals surface area contributed by atoms with Crippen LogP contribution in [0.1, 0.15) is 64.3 Å². The SMILES string of the molecule is CCOC(=O)N1CCC(n2ccc3c(NC(=O)C45CC6C[C@@H](CC(O)(C6)C4)C5)cccc3c2=O)CC1. The molecule has 2 amide bonds. The van der Waals surface area contributed by atoms with Gasteiger partial charge < -0.3 is 24.6 Å². The van der Waals surface area contributed by atoms with E-state index < -0.39 is 11.0 Å². The summed E-state index contributed by atoms with van der Waals surface area (Å²) in [6, 6.07) is 7.41. The number of hydrogen-bond acceptors (Lipinski definition) is 5. The predicted octanol–water partition coefficient (Wildman–Crippen LogP) is 4.06. The van der Waals surface area contributed by atoms with Crippen LogP contribution in [0.5, 0.6) is 0 Å². The summed E-state index contributed by atoms with van der Waals surface area (Å²) in [5.74, 6) is 0.840. The quantitative estimate of drug-likeness (QED) is 0.669. The summed E-state index contributed by atoms with van der Waals surface area (Å²) < 4.78 is 6.87. The van der Waals surface area contributed by atoms with Crippen molar-refractivity contribution in [2.24, 2.45) is 17.3 Å². The highest BCUT2D eigenvalue weighted by molar-refractivity contribution is 6.04. The number of pyridine rings is 1. The van der Waals surface area contributed by atoms with Crippen LogP contribution in [0.3, 0.4) is 0 Å². The Hall–Kier alpha value is -2.87. The van der Waals surface area contributed by atoms with Gasteiger partial charge in [-0.05, 0) is 88.3 Å². The third-order valence-electron chi connectivity index (χ3n) is 9.12. The molecule has 1 aliphatic heterocycles. The molecule has 5 fully saturated rings. The molecule has 4 aliphatic carbocycles. The molecule has 5 aliphatic rings. The Morgan fingerprint density at radius 3 is 2.47 bits per heavy atom. The number of carbonyl (C=O) groups is 2. The number of aliphatic hydroxyl groups is 1. The summed E-state index contributed by atoms with van der Waals surface area (Å²) in [6.45, 7) is 3.26. The fourth-order valence-corrected chi connectivity index (χ4v) is 7.97. The van der Waals surface area contributed by atoms with Crippen LogP contribution in [0.15, 0.2) is 35.3 Å². The van der Waals surface area contributed by atoms with Gasteiger partial charge in [0, 0.05) is 41.8 Å². The van der Waals surface area contributed by atoms with E-state index in [1.165, 1.54) is 0 Å². The zero-order valence-corrected chi connectivity index (χ0v) is 20.9. The number of nitrogens with zero attached hydrogens (tertiary/aromatic N) is 2. The standard InChI is InChI=1S/C28H35N3O5/c1-2-36-26(34)30-9-6-20(7-10-30)31-11-8-21-22(24(31)32)4-3-5-23(21)29-25(33)27-13-18-12-19(14-27)16-28(35,15-18)17-27/h3-5,8,11,18-20,35H,2,6-7,9-10,12-17H2,1H3,(H,29,33)/t18-,19?,27?,28?/m1/s1. The lowest BCUT2D eigenvalue weighted by Gasteiger charge is -2.59. The minimum atomic E-state index is -0.698. The molecule has 0 radical (unpaired) electrons. The van der Waals surface area contributed by atoms with Crippen molar-refractivity contribution in [2.75, 3.05) is 25.0 Å². The van der Waals surface area contributed by atoms with E-state index >= 15 is 0 Å². The zero-order chi connectivity index (χ0) is 25.1. The number of rotatable bonds is 4. The number of amides is 2. The second-order valence-corrected chi connectivity index (χ2v) is 11.6. The highest BCUT2D eigenvalue weighted by Crippen LogP contribution is 2.61. The van der Waals surface area contributed by atoms with Crippen LogP contribution in [0.25, 0.3) is 10.8 Å². The predicted molar refractivity (Wildman–Crippen MR) is 136 cm³/mol. The van der Waals surface area contributed by atoms with Crippen molar-refractivity contribution in [1.29, 1.82) is 0 Å². The lowest BCUT2D eigenvalue weighted by atomic mass is 9.47. The average molecular weight is 494 g/mol. The van der Waals surface area contributed by atoms with Crippen molar-refractivity contribution in [3.05, 3.63) is 40.8 Å². The monoisotopic (exact) mass is 493 g/mol. The smallest absolute Gasteiger partial charge is 0.409 e. The normalized spacial score (nSPS) is 31.6. The van der Waals surface area contributed by atoms with E-state index in [0.29, 0.717) is 61.9 Å². The first kappa shape index (κ1) is 23.5. The van der Waals surface area contributed by atoms with Crippen molar-refractivity contribution in [3.63, 3.8) is 0 Å². The maximum Gasteiger partial charge on any atom is 0.409 e. The number of anilines is 1.